The van der Waals surface area contributed by atoms with Crippen LogP contribution in [0.1, 0.15) is 30.1 Å². The van der Waals surface area contributed by atoms with Gasteiger partial charge in [-0.15, -0.1) is 0 Å². The molecule has 1 saturated heterocycles. The van der Waals surface area contributed by atoms with Crippen molar-refractivity contribution in [3.8, 4) is 0 Å². The minimum absolute atomic E-state index is 0.0423. The summed E-state index contributed by atoms with van der Waals surface area (Å²) in [6.45, 7) is 3.42. The summed E-state index contributed by atoms with van der Waals surface area (Å²) in [6, 6.07) is 4.88. The number of benzene rings is 1. The first-order chi connectivity index (χ1) is 8.87. The molecule has 0 spiro atoms. The van der Waals surface area contributed by atoms with Crippen LogP contribution < -0.4 is 0 Å². The van der Waals surface area contributed by atoms with E-state index in [1.807, 2.05) is 4.90 Å². The lowest BCUT2D eigenvalue weighted by atomic mass is 9.95. The molecule has 3 nitrogen and oxygen atoms in total. The highest BCUT2D eigenvalue weighted by atomic mass is 35.5. The normalized spacial score (nSPS) is 24.4. The van der Waals surface area contributed by atoms with Crippen molar-refractivity contribution in [2.75, 3.05) is 19.6 Å². The number of carbonyl (C=O) groups is 1. The SMILES string of the molecule is CC1(O)CCCN(CC(=O)c2ccc(Cl)cc2Cl)C1. The first-order valence-electron chi connectivity index (χ1n) is 6.30. The molecule has 0 amide bonds. The number of rotatable bonds is 3. The number of halogens is 2. The monoisotopic (exact) mass is 301 g/mol. The lowest BCUT2D eigenvalue weighted by molar-refractivity contribution is -0.0132. The molecule has 1 aliphatic rings. The van der Waals surface area contributed by atoms with Crippen molar-refractivity contribution in [2.45, 2.75) is 25.4 Å². The van der Waals surface area contributed by atoms with Gasteiger partial charge in [-0.2, -0.15) is 0 Å². The van der Waals surface area contributed by atoms with Gasteiger partial charge in [-0.05, 0) is 44.5 Å². The molecule has 1 aliphatic heterocycles. The van der Waals surface area contributed by atoms with E-state index in [0.29, 0.717) is 22.2 Å². The Morgan fingerprint density at radius 1 is 1.47 bits per heavy atom. The van der Waals surface area contributed by atoms with Crippen molar-refractivity contribution in [1.29, 1.82) is 0 Å². The Morgan fingerprint density at radius 2 is 2.21 bits per heavy atom. The lowest BCUT2D eigenvalue weighted by Gasteiger charge is -2.36. The summed E-state index contributed by atoms with van der Waals surface area (Å²) >= 11 is 11.8. The van der Waals surface area contributed by atoms with Gasteiger partial charge in [0.05, 0.1) is 17.2 Å². The van der Waals surface area contributed by atoms with E-state index in [4.69, 9.17) is 23.2 Å². The van der Waals surface area contributed by atoms with E-state index in [1.165, 1.54) is 0 Å². The highest BCUT2D eigenvalue weighted by Gasteiger charge is 2.29. The Labute approximate surface area is 123 Å². The second-order valence-corrected chi connectivity index (χ2v) is 6.20. The van der Waals surface area contributed by atoms with E-state index < -0.39 is 5.60 Å². The fourth-order valence-corrected chi connectivity index (χ4v) is 2.98. The smallest absolute Gasteiger partial charge is 0.178 e. The molecular formula is C14H17Cl2NO2. The summed E-state index contributed by atoms with van der Waals surface area (Å²) in [5.74, 6) is -0.0423. The Bertz CT molecular complexity index is 488. The van der Waals surface area contributed by atoms with Crippen molar-refractivity contribution in [3.05, 3.63) is 33.8 Å². The number of aliphatic hydroxyl groups is 1. The molecule has 0 aliphatic carbocycles. The summed E-state index contributed by atoms with van der Waals surface area (Å²) in [5, 5.41) is 10.9. The number of Topliss-reactive ketones (excluding diaryl/α,β-unsaturated/α-hetero) is 1. The lowest BCUT2D eigenvalue weighted by Crippen LogP contribution is -2.47. The highest BCUT2D eigenvalue weighted by molar-refractivity contribution is 6.36. The minimum atomic E-state index is -0.706. The maximum atomic E-state index is 12.2. The summed E-state index contributed by atoms with van der Waals surface area (Å²) < 4.78 is 0. The van der Waals surface area contributed by atoms with Crippen molar-refractivity contribution >= 4 is 29.0 Å². The average molecular weight is 302 g/mol. The van der Waals surface area contributed by atoms with Gasteiger partial charge in [-0.3, -0.25) is 9.69 Å². The Balaban J connectivity index is 2.04. The van der Waals surface area contributed by atoms with Gasteiger partial charge in [-0.1, -0.05) is 23.2 Å². The van der Waals surface area contributed by atoms with Gasteiger partial charge >= 0.3 is 0 Å². The Kier molecular flexibility index (Phi) is 4.51. The molecule has 19 heavy (non-hydrogen) atoms. The molecule has 2 rings (SSSR count). The molecule has 1 heterocycles. The molecule has 1 unspecified atom stereocenters. The number of piperidine rings is 1. The molecular weight excluding hydrogens is 285 g/mol. The molecule has 1 atom stereocenters. The first kappa shape index (κ1) is 14.8. The Hall–Kier alpha value is -0.610. The predicted molar refractivity (Wildman–Crippen MR) is 77.1 cm³/mol. The molecule has 0 saturated carbocycles. The summed E-state index contributed by atoms with van der Waals surface area (Å²) in [7, 11) is 0. The van der Waals surface area contributed by atoms with Gasteiger partial charge in [0, 0.05) is 17.1 Å². The molecule has 1 aromatic carbocycles. The maximum absolute atomic E-state index is 12.2. The third-order valence-electron chi connectivity index (χ3n) is 3.35. The fourth-order valence-electron chi connectivity index (χ4n) is 2.46. The van der Waals surface area contributed by atoms with Crippen LogP contribution in [0, 0.1) is 0 Å². The number of hydrogen-bond acceptors (Lipinski definition) is 3. The van der Waals surface area contributed by atoms with Crippen LogP contribution >= 0.6 is 23.2 Å². The van der Waals surface area contributed by atoms with E-state index >= 15 is 0 Å². The zero-order valence-corrected chi connectivity index (χ0v) is 12.3. The van der Waals surface area contributed by atoms with E-state index in [0.717, 1.165) is 19.4 Å². The summed E-state index contributed by atoms with van der Waals surface area (Å²) in [6.07, 6.45) is 1.67. The predicted octanol–water partition coefficient (Wildman–Crippen LogP) is 3.02. The van der Waals surface area contributed by atoms with Crippen molar-refractivity contribution in [2.24, 2.45) is 0 Å². The molecule has 5 heteroatoms. The van der Waals surface area contributed by atoms with Crippen LogP contribution in [0.4, 0.5) is 0 Å². The second-order valence-electron chi connectivity index (χ2n) is 5.36. The van der Waals surface area contributed by atoms with Crippen LogP contribution in [-0.2, 0) is 0 Å². The molecule has 0 bridgehead atoms. The molecule has 1 aromatic rings. The first-order valence-corrected chi connectivity index (χ1v) is 7.06. The fraction of sp³-hybridized carbons (Fsp3) is 0.500. The maximum Gasteiger partial charge on any atom is 0.178 e. The number of ketones is 1. The number of likely N-dealkylation sites (tertiary alicyclic amines) is 1. The molecule has 1 N–H and O–H groups in total. The van der Waals surface area contributed by atoms with Crippen molar-refractivity contribution < 1.29 is 9.90 Å². The van der Waals surface area contributed by atoms with E-state index in [-0.39, 0.29) is 12.3 Å². The van der Waals surface area contributed by atoms with Crippen molar-refractivity contribution in [1.82, 2.24) is 4.90 Å². The number of hydrogen-bond donors (Lipinski definition) is 1. The van der Waals surface area contributed by atoms with Gasteiger partial charge in [-0.25, -0.2) is 0 Å². The van der Waals surface area contributed by atoms with Crippen molar-refractivity contribution in [3.63, 3.8) is 0 Å². The number of carbonyl (C=O) groups excluding carboxylic acids is 1. The van der Waals surface area contributed by atoms with Crippen LogP contribution in [0.25, 0.3) is 0 Å². The van der Waals surface area contributed by atoms with Gasteiger partial charge in [0.2, 0.25) is 0 Å². The number of nitrogens with zero attached hydrogens (tertiary/aromatic N) is 1. The van der Waals surface area contributed by atoms with Crippen LogP contribution in [0.2, 0.25) is 10.0 Å². The van der Waals surface area contributed by atoms with E-state index in [1.54, 1.807) is 25.1 Å². The van der Waals surface area contributed by atoms with Gasteiger partial charge in [0.15, 0.2) is 5.78 Å². The highest BCUT2D eigenvalue weighted by Crippen LogP contribution is 2.23. The molecule has 0 aromatic heterocycles. The van der Waals surface area contributed by atoms with E-state index in [9.17, 15) is 9.90 Å². The minimum Gasteiger partial charge on any atom is -0.389 e. The Morgan fingerprint density at radius 3 is 2.84 bits per heavy atom. The zero-order chi connectivity index (χ0) is 14.0. The van der Waals surface area contributed by atoms with Crippen LogP contribution in [0.5, 0.6) is 0 Å². The number of β-amino-alcohol motifs (C(OH)–C–C–N with tert-alkyl or cyclic N) is 1. The van der Waals surface area contributed by atoms with Crippen LogP contribution in [0.15, 0.2) is 18.2 Å². The third-order valence-corrected chi connectivity index (χ3v) is 3.90. The second kappa shape index (κ2) is 5.80. The molecule has 0 radical (unpaired) electrons. The van der Waals surface area contributed by atoms with Gasteiger partial charge in [0.1, 0.15) is 0 Å². The zero-order valence-electron chi connectivity index (χ0n) is 10.8. The molecule has 104 valence electrons. The quantitative estimate of drug-likeness (QED) is 0.873. The van der Waals surface area contributed by atoms with Crippen LogP contribution in [0.3, 0.4) is 0 Å². The molecule has 1 fully saturated rings. The van der Waals surface area contributed by atoms with Gasteiger partial charge < -0.3 is 5.11 Å². The summed E-state index contributed by atoms with van der Waals surface area (Å²) in [5.41, 5.74) is -0.223. The van der Waals surface area contributed by atoms with Gasteiger partial charge in [0.25, 0.3) is 0 Å². The van der Waals surface area contributed by atoms with Crippen LogP contribution in [-0.4, -0.2) is 41.0 Å². The average Bonchev–Trinajstić information content (AvgIpc) is 2.27. The summed E-state index contributed by atoms with van der Waals surface area (Å²) in [4.78, 5) is 14.2. The van der Waals surface area contributed by atoms with E-state index in [2.05, 4.69) is 0 Å². The third kappa shape index (κ3) is 3.93. The topological polar surface area (TPSA) is 40.5 Å². The standard InChI is InChI=1S/C14H17Cl2NO2/c1-14(19)5-2-6-17(9-14)8-13(18)11-4-3-10(15)7-12(11)16/h3-4,7,19H,2,5-6,8-9H2,1H3. The largest absolute Gasteiger partial charge is 0.389 e.